The lowest BCUT2D eigenvalue weighted by Gasteiger charge is -2.32. The van der Waals surface area contributed by atoms with Crippen LogP contribution < -0.4 is 119 Å². The third kappa shape index (κ3) is 41.9. The van der Waals surface area contributed by atoms with Crippen molar-refractivity contribution in [2.75, 3.05) is 25.1 Å². The number of guanidine groups is 1. The molecular formula is C91H148N26O22S. The van der Waals surface area contributed by atoms with Crippen LogP contribution in [-0.4, -0.2) is 271 Å². The predicted molar refractivity (Wildman–Crippen MR) is 517 cm³/mol. The Kier molecular flexibility index (Phi) is 51.1. The van der Waals surface area contributed by atoms with Gasteiger partial charge in [-0.3, -0.25) is 101 Å². The smallest absolute Gasteiger partial charge is 0.305 e. The number of carbonyl (C=O) groups excluding carboxylic acids is 18. The number of nitrogens with one attached hydrogen (secondary N) is 19. The van der Waals surface area contributed by atoms with Gasteiger partial charge >= 0.3 is 11.9 Å². The molecule has 1 aliphatic rings. The van der Waals surface area contributed by atoms with Gasteiger partial charge in [0.15, 0.2) is 5.96 Å². The molecular weight excluding hydrogens is 1840 g/mol. The van der Waals surface area contributed by atoms with Gasteiger partial charge in [0, 0.05) is 67.6 Å². The lowest BCUT2D eigenvalue weighted by Crippen LogP contribution is -2.64. The molecule has 140 heavy (non-hydrogen) atoms. The fourth-order valence-electron chi connectivity index (χ4n) is 15.4. The summed E-state index contributed by atoms with van der Waals surface area (Å²) in [6.07, 6.45) is 4.96. The number of benzene rings is 1. The van der Waals surface area contributed by atoms with Gasteiger partial charge in [-0.1, -0.05) is 92.9 Å². The van der Waals surface area contributed by atoms with Gasteiger partial charge < -0.3 is 140 Å². The van der Waals surface area contributed by atoms with Crippen LogP contribution in [-0.2, 0) is 109 Å². The van der Waals surface area contributed by atoms with Gasteiger partial charge in [0.25, 0.3) is 0 Å². The Morgan fingerprint density at radius 2 is 0.936 bits per heavy atom. The highest BCUT2D eigenvalue weighted by Gasteiger charge is 2.43. The van der Waals surface area contributed by atoms with Crippen molar-refractivity contribution in [3.05, 3.63) is 54.2 Å². The van der Waals surface area contributed by atoms with E-state index in [1.165, 1.54) is 45.1 Å². The van der Waals surface area contributed by atoms with Crippen molar-refractivity contribution in [2.24, 2.45) is 64.0 Å². The van der Waals surface area contributed by atoms with Crippen LogP contribution in [0.25, 0.3) is 10.9 Å². The highest BCUT2D eigenvalue weighted by atomic mass is 32.2. The van der Waals surface area contributed by atoms with E-state index in [2.05, 4.69) is 100 Å². The van der Waals surface area contributed by atoms with Crippen LogP contribution >= 0.6 is 11.8 Å². The van der Waals surface area contributed by atoms with Gasteiger partial charge in [-0.25, -0.2) is 4.98 Å². The van der Waals surface area contributed by atoms with Gasteiger partial charge in [0.1, 0.15) is 90.1 Å². The third-order valence-electron chi connectivity index (χ3n) is 23.7. The van der Waals surface area contributed by atoms with E-state index in [1.807, 2.05) is 0 Å². The Morgan fingerprint density at radius 1 is 0.493 bits per heavy atom. The van der Waals surface area contributed by atoms with Gasteiger partial charge in [-0.15, -0.1) is 0 Å². The van der Waals surface area contributed by atoms with E-state index < -0.39 is 277 Å². The lowest BCUT2D eigenvalue weighted by atomic mass is 9.95. The van der Waals surface area contributed by atoms with Crippen molar-refractivity contribution in [3.8, 4) is 0 Å². The number of hydrogen-bond acceptors (Lipinski definition) is 25. The van der Waals surface area contributed by atoms with Crippen LogP contribution in [0.3, 0.4) is 0 Å². The quantitative estimate of drug-likeness (QED) is 0.0149. The second-order valence-electron chi connectivity index (χ2n) is 37.1. The average Bonchev–Trinajstić information content (AvgIpc) is 1.42. The molecule has 780 valence electrons. The molecule has 3 aromatic rings. The number of aromatic nitrogens is 3. The molecule has 16 atom stereocenters. The molecule has 48 nitrogen and oxygen atoms in total. The van der Waals surface area contributed by atoms with Gasteiger partial charge in [-0.05, 0) is 170 Å². The number of imidazole rings is 1. The van der Waals surface area contributed by atoms with E-state index >= 15 is 0 Å². The summed E-state index contributed by atoms with van der Waals surface area (Å²) in [6, 6.07) is -15.5. The Morgan fingerprint density at radius 3 is 1.41 bits per heavy atom. The summed E-state index contributed by atoms with van der Waals surface area (Å²) < 4.78 is 0. The number of aliphatic carboxylic acids is 2. The Hall–Kier alpha value is -13.1. The van der Waals surface area contributed by atoms with Gasteiger partial charge in [0.2, 0.25) is 106 Å². The number of primary amides is 3. The normalized spacial score (nSPS) is 15.5. The minimum atomic E-state index is -1.83. The number of carbonyl (C=O) groups is 20. The first-order chi connectivity index (χ1) is 65.9. The average molecular weight is 1990 g/mol. The van der Waals surface area contributed by atoms with E-state index in [1.54, 1.807) is 92.1 Å². The maximum atomic E-state index is 15.0. The number of carboxylic acids is 2. The Bertz CT molecular complexity index is 4720. The number of fused-ring (bicyclic) bond motifs is 1. The van der Waals surface area contributed by atoms with Crippen molar-refractivity contribution in [1.82, 2.24) is 100 Å². The number of nitrogens with zero attached hydrogens (tertiary/aromatic N) is 1. The van der Waals surface area contributed by atoms with Crippen LogP contribution in [0, 0.1) is 35.0 Å². The van der Waals surface area contributed by atoms with E-state index in [4.69, 9.17) is 39.8 Å². The van der Waals surface area contributed by atoms with Crippen LogP contribution in [0.4, 0.5) is 0 Å². The highest BCUT2D eigenvalue weighted by Crippen LogP contribution is 2.28. The first-order valence-corrected chi connectivity index (χ1v) is 48.7. The largest absolute Gasteiger partial charge is 0.481 e. The summed E-state index contributed by atoms with van der Waals surface area (Å²) in [6.45, 7) is 17.6. The number of nitrogens with two attached hydrogens (primary N) is 6. The second-order valence-corrected chi connectivity index (χ2v) is 38.1. The standard InChI is InChI=1S/C91H148N26O22S/c1-13-49(8)73(116-81(131)60(30-33-69(120)121)114-89(139)91(10,11)117-88(138)72(48(6)7)115-86(136)71(95)51-22-14-15-23-51)87(137)108-59(29-32-68(94)119)79(129)110-63(38-46(2)3)82(132)107-61(34-37-140-12)80(130)113-66(41-53-44-99-45-102-53)85(135)106-58(28-31-67(93)118)78(128)105-56(27-19-21-36-100-90(97)98)76(126)103-50(9)75(125)104-57(26-18-20-35-92)77(127)112-65(40-52-43-101-55-25-17-16-24-54(52)55)84(134)111-64(39-47(4)5)83(133)109-62(74(96)124)42-70(122)123/h16-17,24-25,43-51,56-66,71-73,101H,13-15,18-23,26-42,92,95H2,1-12H3,(H2,93,118)(H2,94,119)(H2,96,124)(H,99,102)(H,103,126)(H,104,125)(H,105,128)(H,106,135)(H,107,132)(H,108,137)(H,109,133)(H,110,129)(H,111,134)(H,112,127)(H,113,130)(H,114,139)(H,115,136)(H,116,131)(H,117,138)(H,120,121)(H,122,123)(H4,97,98,100)/t49-,50-,56-,57-,58-,59-,60-,61-,62?,63-,64-,65-,66-,71?,72-,73-/m0/s1. The molecule has 0 radical (unpaired) electrons. The highest BCUT2D eigenvalue weighted by molar-refractivity contribution is 7.98. The van der Waals surface area contributed by atoms with Crippen LogP contribution in [0.5, 0.6) is 0 Å². The van der Waals surface area contributed by atoms with E-state index in [9.17, 15) is 106 Å². The van der Waals surface area contributed by atoms with Gasteiger partial charge in [-0.2, -0.15) is 11.8 Å². The molecule has 1 fully saturated rings. The van der Waals surface area contributed by atoms with Crippen molar-refractivity contribution in [3.63, 3.8) is 0 Å². The molecule has 1 aliphatic carbocycles. The van der Waals surface area contributed by atoms with E-state index in [0.717, 1.165) is 25.7 Å². The molecule has 18 amide bonds. The van der Waals surface area contributed by atoms with Crippen molar-refractivity contribution in [1.29, 1.82) is 5.41 Å². The lowest BCUT2D eigenvalue weighted by molar-refractivity contribution is -0.141. The fraction of sp³-hybridized carbons (Fsp3) is 0.648. The monoisotopic (exact) mass is 1990 g/mol. The zero-order chi connectivity index (χ0) is 105. The molecule has 1 aromatic carbocycles. The van der Waals surface area contributed by atoms with E-state index in [-0.39, 0.29) is 113 Å². The summed E-state index contributed by atoms with van der Waals surface area (Å²) in [4.78, 5) is 288. The molecule has 0 aliphatic heterocycles. The Balaban J connectivity index is 1.64. The summed E-state index contributed by atoms with van der Waals surface area (Å²) in [7, 11) is 0. The van der Waals surface area contributed by atoms with Crippen LogP contribution in [0.1, 0.15) is 222 Å². The number of carboxylic acid groups (broad SMARTS) is 2. The number of thioether (sulfide) groups is 1. The zero-order valence-corrected chi connectivity index (χ0v) is 82.7. The van der Waals surface area contributed by atoms with Crippen LogP contribution in [0.15, 0.2) is 43.0 Å². The maximum absolute atomic E-state index is 15.0. The number of amides is 18. The topological polar surface area (TPSA) is 799 Å². The SMILES string of the molecule is CC[C@H](C)[C@H](NC(=O)[C@H](CCC(=O)O)NC(=O)C(C)(C)NC(=O)[C@@H](NC(=O)C(N)C1CCCC1)C(C)C)C(=O)N[C@@H](CCC(N)=O)C(=O)N[C@@H](CC(C)C)C(=O)N[C@@H](CCSC)C(=O)N[C@@H](Cc1cnc[nH]1)C(=O)N[C@@H](CCC(N)=O)C(=O)N[C@@H](CCCCNC(=N)N)C(=O)N[C@@H](C)C(=O)N[C@@H](CCCCN)C(=O)N[C@@H](Cc1c[nH]c2ccccc12)C(=O)N[C@@H](CC(C)C)C(=O)NC(CC(=O)O)C(N)=O. The summed E-state index contributed by atoms with van der Waals surface area (Å²) >= 11 is 1.26. The minimum Gasteiger partial charge on any atom is -0.481 e. The molecule has 2 unspecified atom stereocenters. The van der Waals surface area contributed by atoms with Crippen molar-refractivity contribution in [2.45, 2.75) is 320 Å². The summed E-state index contributed by atoms with van der Waals surface area (Å²) in [5.41, 5.74) is 34.0. The first-order valence-electron chi connectivity index (χ1n) is 47.3. The molecule has 0 saturated heterocycles. The molecule has 1 saturated carbocycles. The number of unbranched alkanes of at least 4 members (excludes halogenated alkanes) is 2. The third-order valence-corrected chi connectivity index (χ3v) is 24.3. The molecule has 49 heteroatoms. The maximum Gasteiger partial charge on any atom is 0.305 e. The molecule has 33 N–H and O–H groups in total. The molecule has 2 aromatic heterocycles. The molecule has 0 bridgehead atoms. The van der Waals surface area contributed by atoms with E-state index in [0.29, 0.717) is 22.9 Å². The van der Waals surface area contributed by atoms with Crippen molar-refractivity contribution >= 4 is 147 Å². The summed E-state index contributed by atoms with van der Waals surface area (Å²) in [5, 5.41) is 69.1. The van der Waals surface area contributed by atoms with Crippen molar-refractivity contribution < 1.29 is 106 Å². The predicted octanol–water partition coefficient (Wildman–Crippen LogP) is -3.42. The molecule has 4 rings (SSSR count). The van der Waals surface area contributed by atoms with Crippen LogP contribution in [0.2, 0.25) is 0 Å². The molecule has 0 spiro atoms. The first kappa shape index (κ1) is 119. The zero-order valence-electron chi connectivity index (χ0n) is 81.9. The molecule has 2 heterocycles. The minimum absolute atomic E-state index is 0.0388. The Labute approximate surface area is 817 Å². The number of aromatic amines is 2. The number of para-hydroxylation sites is 1. The number of H-pyrrole nitrogens is 2. The number of hydrogen-bond donors (Lipinski definition) is 27. The summed E-state index contributed by atoms with van der Waals surface area (Å²) in [5.74, 6) is -22.3. The fourth-order valence-corrected chi connectivity index (χ4v) is 15.9. The second kappa shape index (κ2) is 60.0. The number of rotatable bonds is 66. The van der Waals surface area contributed by atoms with Gasteiger partial charge in [0.05, 0.1) is 18.8 Å².